The number of methoxy groups -OCH3 is 3. The molecule has 18 heteroatoms. The van der Waals surface area contributed by atoms with Gasteiger partial charge in [-0.3, -0.25) is 24.6 Å². The molecule has 2 N–H and O–H groups in total. The molecule has 4 aliphatic rings. The number of benzene rings is 2. The monoisotopic (exact) mass is 788 g/mol. The number of halogens is 5. The topological polar surface area (TPSA) is 165 Å². The molecule has 0 radical (unpaired) electrons. The SMILES string of the molecule is COC(=O)N1C(=O)C2CC=C3C(CC4C(=O)N(Nc5ncc(C(F)(F)F)cc5Cl)C(=O)C4(c4ccc(Cl)cc4)C3c3c(OC)cc(O)cc3OC)C2C1=O. The Labute approximate surface area is 314 Å². The second-order valence-corrected chi connectivity index (χ2v) is 14.0. The van der Waals surface area contributed by atoms with Crippen molar-refractivity contribution < 1.29 is 56.5 Å². The maximum Gasteiger partial charge on any atom is 0.423 e. The Bertz CT molecular complexity index is 2140. The molecule has 2 aliphatic carbocycles. The number of aromatic nitrogens is 1. The number of hydrazine groups is 1. The molecule has 6 unspecified atom stereocenters. The van der Waals surface area contributed by atoms with Crippen LogP contribution >= 0.6 is 23.2 Å². The first-order chi connectivity index (χ1) is 25.6. The summed E-state index contributed by atoms with van der Waals surface area (Å²) in [6, 6.07) is 9.28. The van der Waals surface area contributed by atoms with Crippen LogP contribution in [0.25, 0.3) is 0 Å². The molecule has 2 aliphatic heterocycles. The fourth-order valence-corrected chi connectivity index (χ4v) is 8.91. The first-order valence-electron chi connectivity index (χ1n) is 16.3. The van der Waals surface area contributed by atoms with E-state index in [0.29, 0.717) is 32.8 Å². The number of phenols is 1. The molecule has 7 rings (SSSR count). The Hall–Kier alpha value is -5.35. The van der Waals surface area contributed by atoms with Crippen molar-refractivity contribution in [2.45, 2.75) is 30.4 Å². The largest absolute Gasteiger partial charge is 0.508 e. The van der Waals surface area contributed by atoms with E-state index in [0.717, 1.165) is 7.11 Å². The summed E-state index contributed by atoms with van der Waals surface area (Å²) in [6.07, 6.45) is -4.02. The van der Waals surface area contributed by atoms with Crippen LogP contribution in [0.2, 0.25) is 10.0 Å². The average molecular weight is 790 g/mol. The van der Waals surface area contributed by atoms with Gasteiger partial charge in [-0.2, -0.15) is 23.1 Å². The number of allylic oxidation sites excluding steroid dienone is 2. The Morgan fingerprint density at radius 3 is 2.19 bits per heavy atom. The highest BCUT2D eigenvalue weighted by Crippen LogP contribution is 2.66. The number of aromatic hydroxyl groups is 1. The maximum atomic E-state index is 15.4. The molecule has 1 aromatic heterocycles. The second-order valence-electron chi connectivity index (χ2n) is 13.2. The van der Waals surface area contributed by atoms with Crippen molar-refractivity contribution in [3.63, 3.8) is 0 Å². The van der Waals surface area contributed by atoms with Crippen LogP contribution < -0.4 is 14.9 Å². The van der Waals surface area contributed by atoms with E-state index in [2.05, 4.69) is 10.4 Å². The number of fused-ring (bicyclic) bond motifs is 4. The van der Waals surface area contributed by atoms with Crippen molar-refractivity contribution in [1.29, 1.82) is 0 Å². The van der Waals surface area contributed by atoms with Crippen molar-refractivity contribution in [2.24, 2.45) is 23.7 Å². The zero-order valence-electron chi connectivity index (χ0n) is 28.4. The Morgan fingerprint density at radius 2 is 1.61 bits per heavy atom. The normalized spacial score (nSPS) is 26.2. The van der Waals surface area contributed by atoms with Crippen molar-refractivity contribution in [3.05, 3.63) is 87.0 Å². The van der Waals surface area contributed by atoms with Crippen molar-refractivity contribution in [3.8, 4) is 17.2 Å². The summed E-state index contributed by atoms with van der Waals surface area (Å²) in [6.45, 7) is 0. The third-order valence-electron chi connectivity index (χ3n) is 10.7. The van der Waals surface area contributed by atoms with E-state index in [9.17, 15) is 37.5 Å². The molecule has 2 aromatic carbocycles. The highest BCUT2D eigenvalue weighted by Gasteiger charge is 2.71. The molecule has 282 valence electrons. The molecule has 3 heterocycles. The number of pyridine rings is 1. The van der Waals surface area contributed by atoms with E-state index in [1.54, 1.807) is 18.2 Å². The molecular formula is C36H29Cl2F3N4O9. The molecule has 5 amide bonds. The molecule has 1 saturated carbocycles. The van der Waals surface area contributed by atoms with Gasteiger partial charge in [-0.1, -0.05) is 47.0 Å². The number of rotatable bonds is 6. The predicted molar refractivity (Wildman–Crippen MR) is 182 cm³/mol. The Morgan fingerprint density at radius 1 is 0.963 bits per heavy atom. The molecular weight excluding hydrogens is 760 g/mol. The highest BCUT2D eigenvalue weighted by molar-refractivity contribution is 6.33. The second kappa shape index (κ2) is 13.2. The van der Waals surface area contributed by atoms with E-state index in [1.807, 2.05) is 0 Å². The summed E-state index contributed by atoms with van der Waals surface area (Å²) in [5.74, 6) is -9.68. The van der Waals surface area contributed by atoms with Crippen LogP contribution in [0.3, 0.4) is 0 Å². The minimum absolute atomic E-state index is 0.0374. The van der Waals surface area contributed by atoms with E-state index in [4.69, 9.17) is 37.4 Å². The minimum Gasteiger partial charge on any atom is -0.508 e. The summed E-state index contributed by atoms with van der Waals surface area (Å²) in [7, 11) is 3.66. The molecule has 3 fully saturated rings. The average Bonchev–Trinajstić information content (AvgIpc) is 3.52. The number of amides is 5. The Kier molecular flexibility index (Phi) is 9.04. The van der Waals surface area contributed by atoms with Gasteiger partial charge in [-0.15, -0.1) is 0 Å². The number of phenolic OH excluding ortho intramolecular Hbond substituents is 1. The van der Waals surface area contributed by atoms with Gasteiger partial charge in [0.15, 0.2) is 5.82 Å². The van der Waals surface area contributed by atoms with Crippen LogP contribution in [-0.2, 0) is 35.5 Å². The minimum atomic E-state index is -4.79. The summed E-state index contributed by atoms with van der Waals surface area (Å²) in [5.41, 5.74) is 0.365. The van der Waals surface area contributed by atoms with Gasteiger partial charge in [0.05, 0.1) is 55.1 Å². The van der Waals surface area contributed by atoms with Crippen molar-refractivity contribution >= 4 is 58.7 Å². The van der Waals surface area contributed by atoms with E-state index < -0.39 is 87.3 Å². The van der Waals surface area contributed by atoms with Gasteiger partial charge in [0, 0.05) is 34.8 Å². The first-order valence-corrected chi connectivity index (χ1v) is 17.1. The number of carbonyl (C=O) groups excluding carboxylic acids is 5. The third-order valence-corrected chi connectivity index (χ3v) is 11.3. The zero-order valence-corrected chi connectivity index (χ0v) is 30.0. The van der Waals surface area contributed by atoms with Gasteiger partial charge in [-0.05, 0) is 42.5 Å². The number of nitrogens with zero attached hydrogens (tertiary/aromatic N) is 3. The van der Waals surface area contributed by atoms with Crippen LogP contribution in [-0.4, -0.2) is 71.1 Å². The van der Waals surface area contributed by atoms with Gasteiger partial charge in [0.2, 0.25) is 11.8 Å². The highest BCUT2D eigenvalue weighted by atomic mass is 35.5. The van der Waals surface area contributed by atoms with Gasteiger partial charge >= 0.3 is 12.3 Å². The maximum absolute atomic E-state index is 15.4. The number of anilines is 1. The van der Waals surface area contributed by atoms with Gasteiger partial charge in [0.1, 0.15) is 17.2 Å². The number of imide groups is 4. The zero-order chi connectivity index (χ0) is 39.0. The summed E-state index contributed by atoms with van der Waals surface area (Å²) >= 11 is 12.5. The lowest BCUT2D eigenvalue weighted by Crippen LogP contribution is -2.53. The molecule has 13 nitrogen and oxygen atoms in total. The summed E-state index contributed by atoms with van der Waals surface area (Å²) in [5, 5.41) is 11.0. The van der Waals surface area contributed by atoms with E-state index in [1.165, 1.54) is 38.5 Å². The Balaban J connectivity index is 1.49. The lowest BCUT2D eigenvalue weighted by atomic mass is 9.49. The van der Waals surface area contributed by atoms with E-state index in [-0.39, 0.29) is 41.2 Å². The first kappa shape index (κ1) is 37.0. The molecule has 0 bridgehead atoms. The van der Waals surface area contributed by atoms with Gasteiger partial charge < -0.3 is 19.3 Å². The fraction of sp³-hybridized carbons (Fsp3) is 0.333. The molecule has 54 heavy (non-hydrogen) atoms. The van der Waals surface area contributed by atoms with Crippen LogP contribution in [0, 0.1) is 23.7 Å². The molecule has 3 aromatic rings. The van der Waals surface area contributed by atoms with E-state index >= 15 is 4.79 Å². The summed E-state index contributed by atoms with van der Waals surface area (Å²) in [4.78, 5) is 74.6. The lowest BCUT2D eigenvalue weighted by molar-refractivity contribution is -0.140. The summed E-state index contributed by atoms with van der Waals surface area (Å²) < 4.78 is 56.6. The van der Waals surface area contributed by atoms with Crippen LogP contribution in [0.5, 0.6) is 17.2 Å². The quantitative estimate of drug-likeness (QED) is 0.226. The molecule has 6 atom stereocenters. The number of alkyl halides is 3. The lowest BCUT2D eigenvalue weighted by Gasteiger charge is -2.51. The number of hydrogen-bond acceptors (Lipinski definition) is 11. The van der Waals surface area contributed by atoms with Gasteiger partial charge in [0.25, 0.3) is 11.8 Å². The number of likely N-dealkylation sites (tertiary alicyclic amines) is 1. The number of nitrogens with one attached hydrogen (secondary N) is 1. The van der Waals surface area contributed by atoms with Crippen LogP contribution in [0.4, 0.5) is 23.8 Å². The van der Waals surface area contributed by atoms with Crippen molar-refractivity contribution in [1.82, 2.24) is 14.9 Å². The van der Waals surface area contributed by atoms with Gasteiger partial charge in [-0.25, -0.2) is 9.78 Å². The number of carbonyl (C=O) groups is 5. The smallest absolute Gasteiger partial charge is 0.423 e. The number of ether oxygens (including phenoxy) is 3. The third kappa shape index (κ3) is 5.36. The number of hydrogen-bond donors (Lipinski definition) is 2. The fourth-order valence-electron chi connectivity index (χ4n) is 8.58. The standard InChI is InChI=1S/C36H29Cl2F3N4O9/c1-52-24-11-18(46)12-25(53-2)27(24)28-19-8-9-20-26(32(49)44(30(20)47)34(51)54-3)21(19)13-22-31(48)45(33(50)35(22,28)15-4-6-17(37)7-5-15)43-29-23(38)10-16(14-42-29)36(39,40)41/h4-8,10-12,14,20-22,26,28,46H,9,13H2,1-3H3,(H,42,43). The molecule has 0 spiro atoms. The predicted octanol–water partition coefficient (Wildman–Crippen LogP) is 5.88. The van der Waals surface area contributed by atoms with Crippen LogP contribution in [0.1, 0.15) is 35.4 Å². The molecule has 2 saturated heterocycles. The van der Waals surface area contributed by atoms with Crippen molar-refractivity contribution in [2.75, 3.05) is 26.8 Å². The van der Waals surface area contributed by atoms with Crippen LogP contribution in [0.15, 0.2) is 60.3 Å².